The van der Waals surface area contributed by atoms with E-state index in [4.69, 9.17) is 0 Å². The molecule has 0 bridgehead atoms. The summed E-state index contributed by atoms with van der Waals surface area (Å²) in [6.45, 7) is 9.22. The van der Waals surface area contributed by atoms with Crippen LogP contribution in [0, 0.1) is 27.7 Å². The van der Waals surface area contributed by atoms with Gasteiger partial charge in [0.05, 0.1) is 0 Å². The first-order chi connectivity index (χ1) is 33.4. The van der Waals surface area contributed by atoms with Crippen molar-refractivity contribution in [3.63, 3.8) is 0 Å². The molecule has 0 aromatic heterocycles. The zero-order valence-corrected chi connectivity index (χ0v) is 39.4. The number of benzene rings is 10. The van der Waals surface area contributed by atoms with Crippen LogP contribution in [-0.4, -0.2) is 13.4 Å². The average molecular weight is 869 g/mol. The second-order valence-corrected chi connectivity index (χ2v) is 18.3. The van der Waals surface area contributed by atoms with E-state index in [1.165, 1.54) is 111 Å². The summed E-state index contributed by atoms with van der Waals surface area (Å²) in [4.78, 5) is 0. The highest BCUT2D eigenvalue weighted by Gasteiger charge is 2.27. The van der Waals surface area contributed by atoms with E-state index in [0.717, 1.165) is 0 Å². The molecule has 0 amide bonds. The van der Waals surface area contributed by atoms with Gasteiger partial charge >= 0.3 is 0 Å². The van der Waals surface area contributed by atoms with Crippen molar-refractivity contribution in [2.24, 2.45) is 0 Å². The van der Waals surface area contributed by atoms with E-state index in [2.05, 4.69) is 283 Å². The fourth-order valence-electron chi connectivity index (χ4n) is 10.1. The number of aryl methyl sites for hydroxylation is 4. The molecule has 0 aliphatic carbocycles. The van der Waals surface area contributed by atoms with Gasteiger partial charge < -0.3 is 0 Å². The Balaban J connectivity index is 0.950. The second-order valence-electron chi connectivity index (χ2n) is 18.3. The third-order valence-corrected chi connectivity index (χ3v) is 13.8. The highest BCUT2D eigenvalue weighted by atomic mass is 14.1. The van der Waals surface area contributed by atoms with Gasteiger partial charge in [0.25, 0.3) is 0 Å². The maximum Gasteiger partial charge on any atom is 0.241 e. The summed E-state index contributed by atoms with van der Waals surface area (Å²) in [5, 5.41) is 0. The Morgan fingerprint density at radius 1 is 0.235 bits per heavy atom. The maximum absolute atomic E-state index is 2.35. The molecule has 0 aliphatic rings. The molecule has 0 spiro atoms. The smallest absolute Gasteiger partial charge is 0.0686 e. The van der Waals surface area contributed by atoms with Crippen LogP contribution in [0.5, 0.6) is 0 Å². The summed E-state index contributed by atoms with van der Waals surface area (Å²) >= 11 is 0. The van der Waals surface area contributed by atoms with Gasteiger partial charge in [0.2, 0.25) is 13.4 Å². The number of hydrogen-bond donors (Lipinski definition) is 0. The summed E-state index contributed by atoms with van der Waals surface area (Å²) in [5.74, 6) is 0. The molecule has 10 rings (SSSR count). The van der Waals surface area contributed by atoms with Crippen LogP contribution in [0.3, 0.4) is 0 Å². The van der Waals surface area contributed by atoms with Crippen molar-refractivity contribution < 1.29 is 0 Å². The van der Waals surface area contributed by atoms with Crippen LogP contribution in [-0.2, 0) is 0 Å². The van der Waals surface area contributed by atoms with Gasteiger partial charge in [0.15, 0.2) is 0 Å². The Kier molecular flexibility index (Phi) is 12.9. The van der Waals surface area contributed by atoms with Crippen LogP contribution >= 0.6 is 0 Å². The summed E-state index contributed by atoms with van der Waals surface area (Å²) in [6, 6.07) is 89.0. The number of rotatable bonds is 12. The maximum atomic E-state index is 2.35. The molecule has 2 heteroatoms. The van der Waals surface area contributed by atoms with Crippen molar-refractivity contribution in [1.82, 2.24) is 0 Å². The third-order valence-electron chi connectivity index (χ3n) is 13.8. The van der Waals surface area contributed by atoms with Crippen molar-refractivity contribution in [3.05, 3.63) is 276 Å². The molecule has 0 aliphatic heterocycles. The topological polar surface area (TPSA) is 0 Å². The highest BCUT2D eigenvalue weighted by molar-refractivity contribution is 6.96. The summed E-state index contributed by atoms with van der Waals surface area (Å²) in [7, 11) is 0. The van der Waals surface area contributed by atoms with Gasteiger partial charge in [-0.25, -0.2) is 0 Å². The predicted molar refractivity (Wildman–Crippen MR) is 298 cm³/mol. The van der Waals surface area contributed by atoms with E-state index in [1.54, 1.807) is 0 Å². The van der Waals surface area contributed by atoms with Gasteiger partial charge in [-0.3, -0.25) is 0 Å². The van der Waals surface area contributed by atoms with E-state index in [-0.39, 0.29) is 13.4 Å². The molecular weight excluding hydrogens is 814 g/mol. The van der Waals surface area contributed by atoms with Crippen molar-refractivity contribution in [3.8, 4) is 44.5 Å². The molecule has 324 valence electrons. The van der Waals surface area contributed by atoms with Crippen LogP contribution in [0.1, 0.15) is 33.4 Å². The second kappa shape index (κ2) is 19.9. The van der Waals surface area contributed by atoms with E-state index in [1.807, 2.05) is 0 Å². The average Bonchev–Trinajstić information content (AvgIpc) is 3.39. The first-order valence-corrected chi connectivity index (χ1v) is 23.9. The third kappa shape index (κ3) is 9.50. The van der Waals surface area contributed by atoms with Crippen molar-refractivity contribution in [2.45, 2.75) is 27.7 Å². The molecule has 0 radical (unpaired) electrons. The zero-order chi connectivity index (χ0) is 46.4. The predicted octanol–water partition coefficient (Wildman–Crippen LogP) is 12.8. The Morgan fingerprint density at radius 3 is 0.691 bits per heavy atom. The standard InChI is InChI=1S/C66H54B2/c1-47-43-57(53-17-9-5-10-18-53)31-39-63(47)67(64-40-32-58(44-48(64)2)54-19-11-6-12-20-54)61-35-27-51(28-36-61)25-26-52-29-37-62(38-30-52)68(65-41-33-59(45-49(65)3)55-21-13-7-14-22-55)66-42-34-60(46-50(66)4)56-23-15-8-16-24-56/h5-46H,1-4H3/b26-25+. The zero-order valence-electron chi connectivity index (χ0n) is 39.4. The monoisotopic (exact) mass is 868 g/mol. The minimum atomic E-state index is 0.0829. The molecule has 10 aromatic rings. The van der Waals surface area contributed by atoms with Gasteiger partial charge in [0, 0.05) is 0 Å². The molecule has 0 nitrogen and oxygen atoms in total. The SMILES string of the molecule is Cc1cc(-c2ccccc2)ccc1B(c1ccc(/C=C/c2ccc(B(c3ccc(-c4ccccc4)cc3C)c3ccc(-c4ccccc4)cc3C)cc2)cc1)c1ccc(-c2ccccc2)cc1C. The molecule has 0 heterocycles. The van der Waals surface area contributed by atoms with Crippen LogP contribution in [0.2, 0.25) is 0 Å². The summed E-state index contributed by atoms with van der Waals surface area (Å²) in [5.41, 5.74) is 25.3. The Morgan fingerprint density at radius 2 is 0.471 bits per heavy atom. The molecule has 0 saturated carbocycles. The molecule has 0 unspecified atom stereocenters. The molecular formula is C66H54B2. The minimum Gasteiger partial charge on any atom is -0.0686 e. The van der Waals surface area contributed by atoms with Crippen LogP contribution < -0.4 is 32.8 Å². The largest absolute Gasteiger partial charge is 0.241 e. The molecule has 0 saturated heterocycles. The van der Waals surface area contributed by atoms with E-state index < -0.39 is 0 Å². The minimum absolute atomic E-state index is 0.0829. The highest BCUT2D eigenvalue weighted by Crippen LogP contribution is 2.24. The van der Waals surface area contributed by atoms with Gasteiger partial charge in [-0.05, 0) is 83.3 Å². The van der Waals surface area contributed by atoms with Crippen molar-refractivity contribution in [2.75, 3.05) is 0 Å². The Labute approximate surface area is 404 Å². The fraction of sp³-hybridized carbons (Fsp3) is 0.0606. The molecule has 0 N–H and O–H groups in total. The fourth-order valence-corrected chi connectivity index (χ4v) is 10.1. The summed E-state index contributed by atoms with van der Waals surface area (Å²) in [6.07, 6.45) is 4.48. The van der Waals surface area contributed by atoms with E-state index in [0.29, 0.717) is 0 Å². The first kappa shape index (κ1) is 43.9. The molecule has 10 aromatic carbocycles. The molecule has 0 fully saturated rings. The first-order valence-electron chi connectivity index (χ1n) is 23.9. The lowest BCUT2D eigenvalue weighted by Crippen LogP contribution is -2.53. The summed E-state index contributed by atoms with van der Waals surface area (Å²) < 4.78 is 0. The van der Waals surface area contributed by atoms with Gasteiger partial charge in [-0.15, -0.1) is 0 Å². The van der Waals surface area contributed by atoms with Crippen molar-refractivity contribution >= 4 is 58.4 Å². The Bertz CT molecular complexity index is 2930. The van der Waals surface area contributed by atoms with Gasteiger partial charge in [0.1, 0.15) is 0 Å². The van der Waals surface area contributed by atoms with E-state index >= 15 is 0 Å². The van der Waals surface area contributed by atoms with E-state index in [9.17, 15) is 0 Å². The normalized spacial score (nSPS) is 11.2. The van der Waals surface area contributed by atoms with Crippen molar-refractivity contribution in [1.29, 1.82) is 0 Å². The lowest BCUT2D eigenvalue weighted by molar-refractivity contribution is 1.48. The van der Waals surface area contributed by atoms with Gasteiger partial charge in [-0.1, -0.05) is 310 Å². The molecule has 0 atom stereocenters. The van der Waals surface area contributed by atoms with Crippen LogP contribution in [0.4, 0.5) is 0 Å². The number of hydrogen-bond acceptors (Lipinski definition) is 0. The quantitative estimate of drug-likeness (QED) is 0.0848. The van der Waals surface area contributed by atoms with Crippen LogP contribution in [0.15, 0.2) is 243 Å². The van der Waals surface area contributed by atoms with Gasteiger partial charge in [-0.2, -0.15) is 0 Å². The lowest BCUT2D eigenvalue weighted by Gasteiger charge is -2.21. The Hall–Kier alpha value is -7.93. The lowest BCUT2D eigenvalue weighted by atomic mass is 9.35. The molecule has 68 heavy (non-hydrogen) atoms. The van der Waals surface area contributed by atoms with Crippen LogP contribution in [0.25, 0.3) is 56.7 Å².